The molecule has 1 aliphatic rings. The van der Waals surface area contributed by atoms with Crippen LogP contribution >= 0.6 is 0 Å². The number of nitrogens with zero attached hydrogens (tertiary/aromatic N) is 4. The summed E-state index contributed by atoms with van der Waals surface area (Å²) in [6.45, 7) is 4.63. The zero-order valence-electron chi connectivity index (χ0n) is 17.8. The largest absolute Gasteiger partial charge is 0.493 e. The molecule has 2 aromatic carbocycles. The summed E-state index contributed by atoms with van der Waals surface area (Å²) in [7, 11) is 1.60. The predicted octanol–water partition coefficient (Wildman–Crippen LogP) is 3.19. The molecule has 160 valence electrons. The number of amides is 1. The molecule has 1 aromatic heterocycles. The molecule has 0 N–H and O–H groups in total. The molecule has 1 saturated heterocycles. The van der Waals surface area contributed by atoms with Crippen molar-refractivity contribution in [1.29, 1.82) is 0 Å². The molecule has 0 radical (unpaired) electrons. The Balaban J connectivity index is 1.30. The van der Waals surface area contributed by atoms with Crippen LogP contribution in [0.3, 0.4) is 0 Å². The minimum Gasteiger partial charge on any atom is -0.493 e. The van der Waals surface area contributed by atoms with Crippen molar-refractivity contribution in [2.75, 3.05) is 44.8 Å². The van der Waals surface area contributed by atoms with Gasteiger partial charge in [-0.2, -0.15) is 0 Å². The molecule has 0 aliphatic carbocycles. The van der Waals surface area contributed by atoms with Gasteiger partial charge < -0.3 is 19.3 Å². The first kappa shape index (κ1) is 20.7. The number of hydrogen-bond donors (Lipinski definition) is 0. The maximum atomic E-state index is 12.6. The number of hydrogen-bond acceptors (Lipinski definition) is 6. The summed E-state index contributed by atoms with van der Waals surface area (Å²) in [6.07, 6.45) is 0. The van der Waals surface area contributed by atoms with Crippen LogP contribution < -0.4 is 14.4 Å². The highest BCUT2D eigenvalue weighted by molar-refractivity contribution is 5.78. The van der Waals surface area contributed by atoms with Crippen LogP contribution in [-0.4, -0.2) is 60.9 Å². The van der Waals surface area contributed by atoms with Crippen molar-refractivity contribution in [3.63, 3.8) is 0 Å². The molecule has 2 heterocycles. The fourth-order valence-electron chi connectivity index (χ4n) is 3.57. The van der Waals surface area contributed by atoms with E-state index in [0.717, 1.165) is 22.6 Å². The summed E-state index contributed by atoms with van der Waals surface area (Å²) in [5.74, 6) is 2.00. The summed E-state index contributed by atoms with van der Waals surface area (Å²) >= 11 is 0. The number of piperazine rings is 1. The van der Waals surface area contributed by atoms with Gasteiger partial charge in [-0.05, 0) is 36.8 Å². The number of aryl methyl sites for hydroxylation is 1. The van der Waals surface area contributed by atoms with Crippen molar-refractivity contribution in [3.8, 4) is 22.8 Å². The van der Waals surface area contributed by atoms with Gasteiger partial charge in [-0.25, -0.2) is 0 Å². The van der Waals surface area contributed by atoms with Gasteiger partial charge in [0.1, 0.15) is 0 Å². The summed E-state index contributed by atoms with van der Waals surface area (Å²) in [5.41, 5.74) is 2.97. The van der Waals surface area contributed by atoms with E-state index < -0.39 is 0 Å². The lowest BCUT2D eigenvalue weighted by atomic mass is 10.1. The quantitative estimate of drug-likeness (QED) is 0.613. The van der Waals surface area contributed by atoms with E-state index in [1.54, 1.807) is 7.11 Å². The third kappa shape index (κ3) is 4.94. The summed E-state index contributed by atoms with van der Waals surface area (Å²) in [4.78, 5) is 16.6. The molecule has 1 fully saturated rings. The molecule has 7 heteroatoms. The van der Waals surface area contributed by atoms with E-state index in [9.17, 15) is 4.79 Å². The fraction of sp³-hybridized carbons (Fsp3) is 0.292. The van der Waals surface area contributed by atoms with Gasteiger partial charge in [0, 0.05) is 31.7 Å². The number of methoxy groups -OCH3 is 1. The first-order chi connectivity index (χ1) is 15.1. The van der Waals surface area contributed by atoms with Gasteiger partial charge >= 0.3 is 0 Å². The Morgan fingerprint density at radius 3 is 2.39 bits per heavy atom. The number of carbonyl (C=O) groups is 1. The van der Waals surface area contributed by atoms with Crippen LogP contribution in [0.5, 0.6) is 11.5 Å². The summed E-state index contributed by atoms with van der Waals surface area (Å²) < 4.78 is 11.0. The Kier molecular flexibility index (Phi) is 6.31. The predicted molar refractivity (Wildman–Crippen MR) is 119 cm³/mol. The van der Waals surface area contributed by atoms with Crippen LogP contribution in [0, 0.1) is 6.92 Å². The highest BCUT2D eigenvalue weighted by Gasteiger charge is 2.23. The van der Waals surface area contributed by atoms with Crippen molar-refractivity contribution in [2.24, 2.45) is 0 Å². The molecule has 31 heavy (non-hydrogen) atoms. The Labute approximate surface area is 182 Å². The van der Waals surface area contributed by atoms with Gasteiger partial charge in [-0.15, -0.1) is 10.2 Å². The Hall–Kier alpha value is -3.61. The molecular weight excluding hydrogens is 392 g/mol. The van der Waals surface area contributed by atoms with Crippen molar-refractivity contribution in [3.05, 3.63) is 66.2 Å². The smallest absolute Gasteiger partial charge is 0.260 e. The van der Waals surface area contributed by atoms with Gasteiger partial charge in [0.2, 0.25) is 0 Å². The zero-order valence-corrected chi connectivity index (χ0v) is 17.8. The first-order valence-corrected chi connectivity index (χ1v) is 10.3. The second-order valence-electron chi connectivity index (χ2n) is 7.45. The van der Waals surface area contributed by atoms with E-state index in [1.807, 2.05) is 72.5 Å². The van der Waals surface area contributed by atoms with Crippen LogP contribution in [0.1, 0.15) is 5.56 Å². The number of ether oxygens (including phenoxy) is 2. The highest BCUT2D eigenvalue weighted by Crippen LogP contribution is 2.27. The van der Waals surface area contributed by atoms with Crippen LogP contribution in [0.15, 0.2) is 60.7 Å². The fourth-order valence-corrected chi connectivity index (χ4v) is 3.57. The van der Waals surface area contributed by atoms with E-state index in [0.29, 0.717) is 37.7 Å². The first-order valence-electron chi connectivity index (χ1n) is 10.3. The van der Waals surface area contributed by atoms with Crippen LogP contribution in [0.4, 0.5) is 5.82 Å². The van der Waals surface area contributed by atoms with Gasteiger partial charge in [0.05, 0.1) is 12.8 Å². The van der Waals surface area contributed by atoms with E-state index in [4.69, 9.17) is 9.47 Å². The number of benzene rings is 2. The number of carbonyl (C=O) groups excluding carboxylic acids is 1. The molecule has 3 aromatic rings. The lowest BCUT2D eigenvalue weighted by molar-refractivity contribution is -0.133. The van der Waals surface area contributed by atoms with Crippen molar-refractivity contribution in [1.82, 2.24) is 15.1 Å². The minimum atomic E-state index is -0.0345. The molecule has 0 atom stereocenters. The molecule has 1 amide bonds. The van der Waals surface area contributed by atoms with Crippen LogP contribution in [-0.2, 0) is 4.79 Å². The van der Waals surface area contributed by atoms with Gasteiger partial charge in [0.15, 0.2) is 23.9 Å². The second-order valence-corrected chi connectivity index (χ2v) is 7.45. The van der Waals surface area contributed by atoms with Crippen molar-refractivity contribution < 1.29 is 14.3 Å². The number of anilines is 1. The molecule has 1 aliphatic heterocycles. The Morgan fingerprint density at radius 2 is 1.71 bits per heavy atom. The SMILES string of the molecule is COc1cc(C)ccc1OCC(=O)N1CCN(c2ccc(-c3ccccc3)nn2)CC1. The normalized spacial score (nSPS) is 13.7. The molecule has 0 bridgehead atoms. The molecule has 0 saturated carbocycles. The third-order valence-corrected chi connectivity index (χ3v) is 5.35. The third-order valence-electron chi connectivity index (χ3n) is 5.35. The monoisotopic (exact) mass is 418 g/mol. The van der Waals surface area contributed by atoms with E-state index in [1.165, 1.54) is 0 Å². The zero-order chi connectivity index (χ0) is 21.6. The standard InChI is InChI=1S/C24H26N4O3/c1-18-8-10-21(22(16-18)30-2)31-17-24(29)28-14-12-27(13-15-28)23-11-9-20(25-26-23)19-6-4-3-5-7-19/h3-11,16H,12-15,17H2,1-2H3. The average Bonchev–Trinajstić information content (AvgIpc) is 2.83. The molecule has 7 nitrogen and oxygen atoms in total. The average molecular weight is 418 g/mol. The van der Waals surface area contributed by atoms with Crippen molar-refractivity contribution >= 4 is 11.7 Å². The van der Waals surface area contributed by atoms with E-state index in [2.05, 4.69) is 15.1 Å². The summed E-state index contributed by atoms with van der Waals surface area (Å²) in [6, 6.07) is 19.6. The molecular formula is C24H26N4O3. The Morgan fingerprint density at radius 1 is 0.935 bits per heavy atom. The summed E-state index contributed by atoms with van der Waals surface area (Å²) in [5, 5.41) is 8.74. The number of rotatable bonds is 6. The van der Waals surface area contributed by atoms with Gasteiger partial charge in [-0.1, -0.05) is 36.4 Å². The number of aromatic nitrogens is 2. The van der Waals surface area contributed by atoms with Crippen LogP contribution in [0.2, 0.25) is 0 Å². The van der Waals surface area contributed by atoms with E-state index >= 15 is 0 Å². The van der Waals surface area contributed by atoms with Gasteiger partial charge in [-0.3, -0.25) is 4.79 Å². The Bertz CT molecular complexity index is 1020. The maximum Gasteiger partial charge on any atom is 0.260 e. The molecule has 0 unspecified atom stereocenters. The topological polar surface area (TPSA) is 67.8 Å². The van der Waals surface area contributed by atoms with Gasteiger partial charge in [0.25, 0.3) is 5.91 Å². The second kappa shape index (κ2) is 9.47. The maximum absolute atomic E-state index is 12.6. The molecule has 0 spiro atoms. The minimum absolute atomic E-state index is 0.00893. The van der Waals surface area contributed by atoms with Crippen molar-refractivity contribution in [2.45, 2.75) is 6.92 Å². The lowest BCUT2D eigenvalue weighted by Gasteiger charge is -2.35. The lowest BCUT2D eigenvalue weighted by Crippen LogP contribution is -2.50. The van der Waals surface area contributed by atoms with Crippen LogP contribution in [0.25, 0.3) is 11.3 Å². The van der Waals surface area contributed by atoms with E-state index in [-0.39, 0.29) is 12.5 Å². The highest BCUT2D eigenvalue weighted by atomic mass is 16.5. The molecule has 4 rings (SSSR count).